The van der Waals surface area contributed by atoms with E-state index < -0.39 is 41.6 Å². The summed E-state index contributed by atoms with van der Waals surface area (Å²) in [7, 11) is 1.45. The van der Waals surface area contributed by atoms with Crippen LogP contribution in [0.4, 0.5) is 0 Å². The molecule has 206 valence electrons. The number of ketones is 1. The highest BCUT2D eigenvalue weighted by atomic mass is 16.6. The van der Waals surface area contributed by atoms with Gasteiger partial charge in [0.25, 0.3) is 0 Å². The first-order valence-electron chi connectivity index (χ1n) is 13.4. The van der Waals surface area contributed by atoms with Crippen molar-refractivity contribution in [3.63, 3.8) is 0 Å². The van der Waals surface area contributed by atoms with Crippen LogP contribution in [-0.4, -0.2) is 55.1 Å². The van der Waals surface area contributed by atoms with E-state index in [0.717, 1.165) is 17.6 Å². The molecule has 1 heterocycles. The molecule has 0 saturated carbocycles. The van der Waals surface area contributed by atoms with Gasteiger partial charge in [0.15, 0.2) is 5.78 Å². The lowest BCUT2D eigenvalue weighted by molar-refractivity contribution is -0.173. The van der Waals surface area contributed by atoms with Gasteiger partial charge < -0.3 is 19.5 Å². The largest absolute Gasteiger partial charge is 0.460 e. The summed E-state index contributed by atoms with van der Waals surface area (Å²) in [5, 5.41) is 3.20. The number of amides is 1. The highest BCUT2D eigenvalue weighted by molar-refractivity contribution is 6.09. The Morgan fingerprint density at radius 3 is 2.27 bits per heavy atom. The monoisotopic (exact) mass is 517 g/mol. The molecule has 3 unspecified atom stereocenters. The van der Waals surface area contributed by atoms with Crippen LogP contribution in [0.5, 0.6) is 0 Å². The van der Waals surface area contributed by atoms with Crippen LogP contribution in [0.3, 0.4) is 0 Å². The molecule has 1 N–H and O–H groups in total. The van der Waals surface area contributed by atoms with E-state index in [1.54, 1.807) is 0 Å². The van der Waals surface area contributed by atoms with Crippen LogP contribution in [0.1, 0.15) is 74.1 Å². The second-order valence-corrected chi connectivity index (χ2v) is 11.5. The summed E-state index contributed by atoms with van der Waals surface area (Å²) in [5.41, 5.74) is 0.830. The third kappa shape index (κ3) is 5.69. The van der Waals surface area contributed by atoms with E-state index in [0.29, 0.717) is 18.8 Å². The predicted octanol–water partition coefficient (Wildman–Crippen LogP) is 3.92. The zero-order valence-electron chi connectivity index (χ0n) is 23.5. The molecule has 3 rings (SSSR count). The molecule has 0 aromatic heterocycles. The van der Waals surface area contributed by atoms with Crippen LogP contribution in [-0.2, 0) is 33.4 Å². The Balaban J connectivity index is 2.21. The van der Waals surface area contributed by atoms with Gasteiger partial charge in [0.2, 0.25) is 5.91 Å². The summed E-state index contributed by atoms with van der Waals surface area (Å²) >= 11 is 0. The third-order valence-corrected chi connectivity index (χ3v) is 8.38. The summed E-state index contributed by atoms with van der Waals surface area (Å²) in [6, 6.07) is -0.143. The minimum absolute atomic E-state index is 0.0147. The number of nitrogens with one attached hydrogen (secondary N) is 1. The van der Waals surface area contributed by atoms with E-state index in [-0.39, 0.29) is 36.0 Å². The number of Topliss-reactive ketones (excluding diaryl/α,β-unsaturated/α-hetero) is 1. The molecule has 8 heteroatoms. The zero-order chi connectivity index (χ0) is 27.7. The van der Waals surface area contributed by atoms with Crippen molar-refractivity contribution in [1.82, 2.24) is 5.32 Å². The summed E-state index contributed by atoms with van der Waals surface area (Å²) in [6.45, 7) is 13.0. The maximum absolute atomic E-state index is 14.5. The lowest BCUT2D eigenvalue weighted by Crippen LogP contribution is -2.54. The first-order valence-corrected chi connectivity index (χ1v) is 13.4. The zero-order valence-corrected chi connectivity index (χ0v) is 23.5. The molecule has 37 heavy (non-hydrogen) atoms. The maximum atomic E-state index is 14.5. The van der Waals surface area contributed by atoms with Crippen molar-refractivity contribution in [2.75, 3.05) is 7.11 Å². The molecular formula is C29H43NO7. The predicted molar refractivity (Wildman–Crippen MR) is 138 cm³/mol. The molecule has 1 fully saturated rings. The number of carbonyl (C=O) groups excluding carboxylic acids is 4. The van der Waals surface area contributed by atoms with Gasteiger partial charge in [-0.1, -0.05) is 44.1 Å². The number of hydrogen-bond acceptors (Lipinski definition) is 7. The average Bonchev–Trinajstić information content (AvgIpc) is 3.06. The molecule has 1 aliphatic heterocycles. The molecule has 1 amide bonds. The van der Waals surface area contributed by atoms with Crippen LogP contribution in [0, 0.1) is 29.1 Å². The van der Waals surface area contributed by atoms with Gasteiger partial charge in [-0.05, 0) is 44.9 Å². The van der Waals surface area contributed by atoms with Gasteiger partial charge >= 0.3 is 11.9 Å². The normalized spacial score (nSPS) is 37.8. The van der Waals surface area contributed by atoms with Gasteiger partial charge in [0, 0.05) is 45.3 Å². The van der Waals surface area contributed by atoms with Gasteiger partial charge in [-0.3, -0.25) is 19.2 Å². The van der Waals surface area contributed by atoms with Crippen molar-refractivity contribution in [2.45, 2.75) is 98.5 Å². The molecule has 2 aliphatic carbocycles. The Hall–Kier alpha value is -2.48. The Kier molecular flexibility index (Phi) is 9.04. The summed E-state index contributed by atoms with van der Waals surface area (Å²) in [6.07, 6.45) is 3.06. The molecular weight excluding hydrogens is 474 g/mol. The Morgan fingerprint density at radius 1 is 1.08 bits per heavy atom. The van der Waals surface area contributed by atoms with E-state index in [1.165, 1.54) is 21.0 Å². The Bertz CT molecular complexity index is 983. The topological polar surface area (TPSA) is 108 Å². The van der Waals surface area contributed by atoms with Crippen molar-refractivity contribution < 1.29 is 33.4 Å². The molecule has 8 nitrogen and oxygen atoms in total. The standard InChI is InChI=1S/C29H43NO7/c1-15(2)11-22-26-18(5)17(4)13-21-12-16(3)9-10-23(36-19(6)31)27(35-8)24(37-20(7)32)14-25(33)29(21,26)28(34)30-22/h12-13,15,18,21-24,26-27H,9-11,14H2,1-8H3,(H,30,34)/b16-12+/t18-,21-,22-,23?,24?,26-,27?,29+/m0/s1. The molecule has 0 radical (unpaired) electrons. The van der Waals surface area contributed by atoms with Crippen molar-refractivity contribution >= 4 is 23.6 Å². The van der Waals surface area contributed by atoms with Crippen LogP contribution in [0.15, 0.2) is 23.3 Å². The maximum Gasteiger partial charge on any atom is 0.303 e. The highest BCUT2D eigenvalue weighted by Gasteiger charge is 2.65. The van der Waals surface area contributed by atoms with Gasteiger partial charge in [-0.15, -0.1) is 0 Å². The quantitative estimate of drug-likeness (QED) is 0.334. The number of ether oxygens (including phenoxy) is 3. The van der Waals surface area contributed by atoms with E-state index in [4.69, 9.17) is 14.2 Å². The molecule has 0 bridgehead atoms. The minimum Gasteiger partial charge on any atom is -0.460 e. The Morgan fingerprint density at radius 2 is 1.70 bits per heavy atom. The second kappa shape index (κ2) is 11.5. The number of allylic oxidation sites excluding steroid dienone is 4. The van der Waals surface area contributed by atoms with E-state index in [1.807, 2.05) is 13.0 Å². The van der Waals surface area contributed by atoms with Crippen LogP contribution in [0.25, 0.3) is 0 Å². The highest BCUT2D eigenvalue weighted by Crippen LogP contribution is 2.55. The first-order chi connectivity index (χ1) is 17.3. The number of hydrogen-bond donors (Lipinski definition) is 1. The van der Waals surface area contributed by atoms with E-state index >= 15 is 0 Å². The number of rotatable bonds is 5. The molecule has 0 aromatic carbocycles. The molecule has 1 saturated heterocycles. The Labute approximate surface area is 220 Å². The fraction of sp³-hybridized carbons (Fsp3) is 0.724. The lowest BCUT2D eigenvalue weighted by Gasteiger charge is -2.45. The van der Waals surface area contributed by atoms with Crippen LogP contribution >= 0.6 is 0 Å². The molecule has 0 aromatic rings. The second-order valence-electron chi connectivity index (χ2n) is 11.5. The van der Waals surface area contributed by atoms with Crippen molar-refractivity contribution in [3.8, 4) is 0 Å². The van der Waals surface area contributed by atoms with Crippen molar-refractivity contribution in [3.05, 3.63) is 23.3 Å². The molecule has 1 spiro atoms. The number of carbonyl (C=O) groups is 4. The third-order valence-electron chi connectivity index (χ3n) is 8.38. The van der Waals surface area contributed by atoms with Crippen LogP contribution < -0.4 is 5.32 Å². The number of esters is 2. The summed E-state index contributed by atoms with van der Waals surface area (Å²) in [4.78, 5) is 52.5. The molecule has 8 atom stereocenters. The van der Waals surface area contributed by atoms with E-state index in [9.17, 15) is 19.2 Å². The van der Waals surface area contributed by atoms with E-state index in [2.05, 4.69) is 39.1 Å². The minimum atomic E-state index is -1.32. The fourth-order valence-corrected chi connectivity index (χ4v) is 6.80. The van der Waals surface area contributed by atoms with Crippen LogP contribution in [0.2, 0.25) is 0 Å². The van der Waals surface area contributed by atoms with Crippen molar-refractivity contribution in [1.29, 1.82) is 0 Å². The number of methoxy groups -OCH3 is 1. The first kappa shape index (κ1) is 29.1. The van der Waals surface area contributed by atoms with Gasteiger partial charge in [-0.2, -0.15) is 0 Å². The van der Waals surface area contributed by atoms with Gasteiger partial charge in [0.05, 0.1) is 0 Å². The van der Waals surface area contributed by atoms with Crippen molar-refractivity contribution in [2.24, 2.45) is 29.1 Å². The summed E-state index contributed by atoms with van der Waals surface area (Å²) < 4.78 is 17.0. The summed E-state index contributed by atoms with van der Waals surface area (Å²) in [5.74, 6) is -1.91. The average molecular weight is 518 g/mol. The van der Waals surface area contributed by atoms with Gasteiger partial charge in [-0.25, -0.2) is 0 Å². The fourth-order valence-electron chi connectivity index (χ4n) is 6.80. The molecule has 3 aliphatic rings. The lowest BCUT2D eigenvalue weighted by atomic mass is 9.54. The van der Waals surface area contributed by atoms with Gasteiger partial charge in [0.1, 0.15) is 23.7 Å². The SMILES string of the molecule is COC1C(OC(C)=O)CC/C(C)=C/[C@H]2C=C(C)[C@H](C)[C@H]3[C@H](CC(C)C)NC(=O)[C@]32C(=O)CC1OC(C)=O. The smallest absolute Gasteiger partial charge is 0.303 e.